The van der Waals surface area contributed by atoms with Crippen molar-refractivity contribution in [3.63, 3.8) is 0 Å². The summed E-state index contributed by atoms with van der Waals surface area (Å²) in [5, 5.41) is 10.5. The molecule has 3 unspecified atom stereocenters. The fourth-order valence-corrected chi connectivity index (χ4v) is 2.81. The molecule has 2 saturated carbocycles. The Morgan fingerprint density at radius 1 is 1.23 bits per heavy atom. The van der Waals surface area contributed by atoms with E-state index in [1.807, 2.05) is 0 Å². The summed E-state index contributed by atoms with van der Waals surface area (Å²) in [6.45, 7) is 4.55. The maximum atomic E-state index is 10.5. The van der Waals surface area contributed by atoms with Crippen LogP contribution < -0.4 is 0 Å². The van der Waals surface area contributed by atoms with Gasteiger partial charge in [0.1, 0.15) is 0 Å². The van der Waals surface area contributed by atoms with Gasteiger partial charge in [-0.25, -0.2) is 0 Å². The lowest BCUT2D eigenvalue weighted by Gasteiger charge is -2.41. The Bertz CT molecular complexity index is 186. The second-order valence-electron chi connectivity index (χ2n) is 5.53. The molecule has 0 aliphatic heterocycles. The topological polar surface area (TPSA) is 20.2 Å². The maximum Gasteiger partial charge on any atom is 0.0676 e. The minimum atomic E-state index is -0.298. The summed E-state index contributed by atoms with van der Waals surface area (Å²) in [5.74, 6) is 2.21. The highest BCUT2D eigenvalue weighted by atomic mass is 16.3. The van der Waals surface area contributed by atoms with Crippen LogP contribution in [0.15, 0.2) is 0 Å². The molecule has 2 aliphatic carbocycles. The SMILES string of the molecule is CC1CCC(O)(CC2CC2)C(C)C1. The minimum Gasteiger partial charge on any atom is -0.390 e. The van der Waals surface area contributed by atoms with Gasteiger partial charge >= 0.3 is 0 Å². The number of hydrogen-bond donors (Lipinski definition) is 1. The molecule has 3 atom stereocenters. The molecule has 1 N–H and O–H groups in total. The Hall–Kier alpha value is -0.0400. The van der Waals surface area contributed by atoms with Gasteiger partial charge in [-0.2, -0.15) is 0 Å². The monoisotopic (exact) mass is 182 g/mol. The molecule has 76 valence electrons. The van der Waals surface area contributed by atoms with Gasteiger partial charge in [-0.15, -0.1) is 0 Å². The van der Waals surface area contributed by atoms with E-state index in [-0.39, 0.29) is 5.60 Å². The van der Waals surface area contributed by atoms with Crippen molar-refractivity contribution in [2.45, 2.75) is 58.0 Å². The third kappa shape index (κ3) is 2.07. The van der Waals surface area contributed by atoms with Crippen molar-refractivity contribution in [1.29, 1.82) is 0 Å². The summed E-state index contributed by atoms with van der Waals surface area (Å²) in [6.07, 6.45) is 7.32. The maximum absolute atomic E-state index is 10.5. The molecule has 0 radical (unpaired) electrons. The van der Waals surface area contributed by atoms with E-state index in [0.29, 0.717) is 5.92 Å². The second-order valence-corrected chi connectivity index (χ2v) is 5.53. The van der Waals surface area contributed by atoms with Crippen molar-refractivity contribution in [3.05, 3.63) is 0 Å². The van der Waals surface area contributed by atoms with Crippen molar-refractivity contribution in [2.75, 3.05) is 0 Å². The van der Waals surface area contributed by atoms with Gasteiger partial charge in [-0.1, -0.05) is 26.7 Å². The first kappa shape index (κ1) is 9.51. The number of aliphatic hydroxyl groups is 1. The molecule has 0 aromatic heterocycles. The summed E-state index contributed by atoms with van der Waals surface area (Å²) < 4.78 is 0. The van der Waals surface area contributed by atoms with Crippen LogP contribution >= 0.6 is 0 Å². The fraction of sp³-hybridized carbons (Fsp3) is 1.00. The summed E-state index contributed by atoms with van der Waals surface area (Å²) in [6, 6.07) is 0. The molecule has 0 spiro atoms. The van der Waals surface area contributed by atoms with Gasteiger partial charge in [0.2, 0.25) is 0 Å². The van der Waals surface area contributed by atoms with Gasteiger partial charge in [0.25, 0.3) is 0 Å². The Labute approximate surface area is 81.5 Å². The molecule has 1 nitrogen and oxygen atoms in total. The summed E-state index contributed by atoms with van der Waals surface area (Å²) in [5.41, 5.74) is -0.298. The zero-order valence-electron chi connectivity index (χ0n) is 8.92. The summed E-state index contributed by atoms with van der Waals surface area (Å²) in [4.78, 5) is 0. The third-order valence-corrected chi connectivity index (χ3v) is 4.08. The zero-order valence-corrected chi connectivity index (χ0v) is 8.92. The molecular formula is C12H22O. The van der Waals surface area contributed by atoms with Crippen molar-refractivity contribution in [1.82, 2.24) is 0 Å². The average Bonchev–Trinajstić information content (AvgIpc) is 2.82. The molecule has 0 bridgehead atoms. The second kappa shape index (κ2) is 3.27. The van der Waals surface area contributed by atoms with Crippen molar-refractivity contribution >= 4 is 0 Å². The van der Waals surface area contributed by atoms with Crippen molar-refractivity contribution < 1.29 is 5.11 Å². The zero-order chi connectivity index (χ0) is 9.47. The molecular weight excluding hydrogens is 160 g/mol. The van der Waals surface area contributed by atoms with Gasteiger partial charge in [0.15, 0.2) is 0 Å². The van der Waals surface area contributed by atoms with Crippen molar-refractivity contribution in [2.24, 2.45) is 17.8 Å². The highest BCUT2D eigenvalue weighted by Crippen LogP contribution is 2.45. The van der Waals surface area contributed by atoms with Crippen LogP contribution in [-0.2, 0) is 0 Å². The summed E-state index contributed by atoms with van der Waals surface area (Å²) >= 11 is 0. The van der Waals surface area contributed by atoms with E-state index in [0.717, 1.165) is 24.7 Å². The van der Waals surface area contributed by atoms with E-state index in [1.54, 1.807) is 0 Å². The Morgan fingerprint density at radius 3 is 2.46 bits per heavy atom. The molecule has 0 heterocycles. The predicted octanol–water partition coefficient (Wildman–Crippen LogP) is 2.97. The Balaban J connectivity index is 1.94. The van der Waals surface area contributed by atoms with Gasteiger partial charge in [-0.05, 0) is 43.4 Å². The molecule has 2 aliphatic rings. The molecule has 1 heteroatoms. The fourth-order valence-electron chi connectivity index (χ4n) is 2.81. The smallest absolute Gasteiger partial charge is 0.0676 e. The van der Waals surface area contributed by atoms with Gasteiger partial charge in [-0.3, -0.25) is 0 Å². The van der Waals surface area contributed by atoms with E-state index in [4.69, 9.17) is 0 Å². The van der Waals surface area contributed by atoms with E-state index in [2.05, 4.69) is 13.8 Å². The van der Waals surface area contributed by atoms with Crippen LogP contribution in [0.3, 0.4) is 0 Å². The lowest BCUT2D eigenvalue weighted by molar-refractivity contribution is -0.0630. The minimum absolute atomic E-state index is 0.298. The van der Waals surface area contributed by atoms with Crippen LogP contribution in [0.1, 0.15) is 52.4 Å². The number of rotatable bonds is 2. The van der Waals surface area contributed by atoms with E-state index < -0.39 is 0 Å². The quantitative estimate of drug-likeness (QED) is 0.696. The Kier molecular flexibility index (Phi) is 2.39. The lowest BCUT2D eigenvalue weighted by atomic mass is 9.70. The first-order valence-corrected chi connectivity index (χ1v) is 5.82. The third-order valence-electron chi connectivity index (χ3n) is 4.08. The largest absolute Gasteiger partial charge is 0.390 e. The van der Waals surface area contributed by atoms with Gasteiger partial charge < -0.3 is 5.11 Å². The molecule has 0 aromatic carbocycles. The van der Waals surface area contributed by atoms with Crippen LogP contribution in [0.2, 0.25) is 0 Å². The average molecular weight is 182 g/mol. The van der Waals surface area contributed by atoms with E-state index in [1.165, 1.54) is 25.7 Å². The van der Waals surface area contributed by atoms with Gasteiger partial charge in [0.05, 0.1) is 5.60 Å². The molecule has 0 saturated heterocycles. The van der Waals surface area contributed by atoms with Crippen LogP contribution in [0.5, 0.6) is 0 Å². The highest BCUT2D eigenvalue weighted by molar-refractivity contribution is 4.93. The van der Waals surface area contributed by atoms with Crippen LogP contribution in [0.25, 0.3) is 0 Å². The van der Waals surface area contributed by atoms with Gasteiger partial charge in [0, 0.05) is 0 Å². The lowest BCUT2D eigenvalue weighted by Crippen LogP contribution is -2.41. The van der Waals surface area contributed by atoms with Crippen LogP contribution in [-0.4, -0.2) is 10.7 Å². The highest BCUT2D eigenvalue weighted by Gasteiger charge is 2.41. The van der Waals surface area contributed by atoms with Crippen LogP contribution in [0.4, 0.5) is 0 Å². The molecule has 0 aromatic rings. The first-order chi connectivity index (χ1) is 6.10. The first-order valence-electron chi connectivity index (χ1n) is 5.82. The van der Waals surface area contributed by atoms with Crippen LogP contribution in [0, 0.1) is 17.8 Å². The Morgan fingerprint density at radius 2 is 1.92 bits per heavy atom. The van der Waals surface area contributed by atoms with Crippen molar-refractivity contribution in [3.8, 4) is 0 Å². The molecule has 13 heavy (non-hydrogen) atoms. The summed E-state index contributed by atoms with van der Waals surface area (Å²) in [7, 11) is 0. The standard InChI is InChI=1S/C12H22O/c1-9-5-6-12(13,10(2)7-9)8-11-3-4-11/h9-11,13H,3-8H2,1-2H3. The predicted molar refractivity (Wildman–Crippen MR) is 54.5 cm³/mol. The molecule has 2 rings (SSSR count). The van der Waals surface area contributed by atoms with E-state index >= 15 is 0 Å². The number of hydrogen-bond acceptors (Lipinski definition) is 1. The normalized spacial score (nSPS) is 46.4. The molecule has 0 amide bonds. The molecule has 2 fully saturated rings. The van der Waals surface area contributed by atoms with E-state index in [9.17, 15) is 5.11 Å².